The third kappa shape index (κ3) is 10.9. The molecule has 1 rings (SSSR count). The monoisotopic (exact) mass is 505 g/mol. The van der Waals surface area contributed by atoms with Crippen molar-refractivity contribution in [2.45, 2.75) is 32.7 Å². The molecule has 144 valence electrons. The zero-order chi connectivity index (χ0) is 18.2. The van der Waals surface area contributed by atoms with Crippen LogP contribution >= 0.6 is 35.6 Å². The van der Waals surface area contributed by atoms with Gasteiger partial charge >= 0.3 is 0 Å². The molecule has 1 unspecified atom stereocenters. The molecule has 0 spiro atoms. The summed E-state index contributed by atoms with van der Waals surface area (Å²) >= 11 is 6.00. The molecule has 0 aromatic heterocycles. The first-order valence-electron chi connectivity index (χ1n) is 7.87. The minimum Gasteiger partial charge on any atom is -0.357 e. The fourth-order valence-corrected chi connectivity index (χ4v) is 3.07. The van der Waals surface area contributed by atoms with Crippen LogP contribution in [0.15, 0.2) is 23.2 Å². The first-order valence-corrected chi connectivity index (χ1v) is 10.3. The Kier molecular flexibility index (Phi) is 11.6. The molecule has 1 aromatic rings. The molecule has 0 fully saturated rings. The van der Waals surface area contributed by atoms with Gasteiger partial charge in [-0.25, -0.2) is 12.8 Å². The Morgan fingerprint density at radius 3 is 2.64 bits per heavy atom. The quantitative estimate of drug-likeness (QED) is 0.324. The van der Waals surface area contributed by atoms with Gasteiger partial charge in [0.1, 0.15) is 15.7 Å². The number of nitrogens with one attached hydrogen (secondary N) is 2. The van der Waals surface area contributed by atoms with Gasteiger partial charge in [0.2, 0.25) is 0 Å². The van der Waals surface area contributed by atoms with Gasteiger partial charge in [0, 0.05) is 30.4 Å². The molecule has 25 heavy (non-hydrogen) atoms. The van der Waals surface area contributed by atoms with Crippen LogP contribution in [0.1, 0.15) is 25.8 Å². The van der Waals surface area contributed by atoms with Gasteiger partial charge in [-0.3, -0.25) is 4.99 Å². The van der Waals surface area contributed by atoms with Crippen LogP contribution in [-0.4, -0.2) is 45.5 Å². The predicted molar refractivity (Wildman–Crippen MR) is 113 cm³/mol. The van der Waals surface area contributed by atoms with Gasteiger partial charge in [-0.15, -0.1) is 24.0 Å². The van der Waals surface area contributed by atoms with Crippen molar-refractivity contribution < 1.29 is 12.8 Å². The minimum atomic E-state index is -2.97. The van der Waals surface area contributed by atoms with E-state index >= 15 is 0 Å². The normalized spacial score (nSPS) is 13.1. The van der Waals surface area contributed by atoms with Gasteiger partial charge in [0.15, 0.2) is 5.96 Å². The maximum atomic E-state index is 13.0. The molecule has 0 heterocycles. The highest BCUT2D eigenvalue weighted by molar-refractivity contribution is 14.0. The lowest BCUT2D eigenvalue weighted by atomic mass is 10.1. The van der Waals surface area contributed by atoms with E-state index < -0.39 is 9.84 Å². The number of hydrogen-bond acceptors (Lipinski definition) is 3. The predicted octanol–water partition coefficient (Wildman–Crippen LogP) is 3.02. The number of sulfone groups is 1. The van der Waals surface area contributed by atoms with E-state index in [1.807, 2.05) is 13.8 Å². The van der Waals surface area contributed by atoms with E-state index in [4.69, 9.17) is 11.6 Å². The fourth-order valence-electron chi connectivity index (χ4n) is 2.03. The van der Waals surface area contributed by atoms with E-state index in [0.717, 1.165) is 5.56 Å². The highest BCUT2D eigenvalue weighted by atomic mass is 127. The van der Waals surface area contributed by atoms with E-state index in [9.17, 15) is 12.8 Å². The fraction of sp³-hybridized carbons (Fsp3) is 0.562. The number of benzene rings is 1. The van der Waals surface area contributed by atoms with Crippen LogP contribution in [0.2, 0.25) is 5.02 Å². The van der Waals surface area contributed by atoms with Gasteiger partial charge in [0.05, 0.1) is 5.75 Å². The summed E-state index contributed by atoms with van der Waals surface area (Å²) in [5, 5.41) is 6.69. The number of hydrogen-bond donors (Lipinski definition) is 2. The number of aliphatic imine (C=N–C) groups is 1. The standard InChI is InChI=1S/C16H25ClFN3O2S.HI/c1-4-19-16(21-12(2)8-10-24(3,22)23)20-9-7-13-5-6-14(18)11-15(13)17;/h5-6,11-12H,4,7-10H2,1-3H3,(H2,19,20,21);1H. The SMILES string of the molecule is CCNC(=NCCc1ccc(F)cc1Cl)NC(C)CCS(C)(=O)=O.I. The summed E-state index contributed by atoms with van der Waals surface area (Å²) in [4.78, 5) is 4.45. The molecule has 0 saturated heterocycles. The molecule has 0 saturated carbocycles. The lowest BCUT2D eigenvalue weighted by Gasteiger charge is -2.17. The van der Waals surface area contributed by atoms with Gasteiger partial charge in [-0.05, 0) is 44.4 Å². The molecule has 0 aliphatic heterocycles. The Bertz CT molecular complexity index is 671. The second-order valence-electron chi connectivity index (χ2n) is 5.71. The van der Waals surface area contributed by atoms with Crippen molar-refractivity contribution in [1.29, 1.82) is 0 Å². The summed E-state index contributed by atoms with van der Waals surface area (Å²) < 4.78 is 35.5. The van der Waals surface area contributed by atoms with Crippen molar-refractivity contribution in [3.05, 3.63) is 34.6 Å². The van der Waals surface area contributed by atoms with E-state index in [1.54, 1.807) is 6.07 Å². The first-order chi connectivity index (χ1) is 11.2. The van der Waals surface area contributed by atoms with Crippen molar-refractivity contribution in [3.63, 3.8) is 0 Å². The Hall–Kier alpha value is -0.610. The van der Waals surface area contributed by atoms with Gasteiger partial charge < -0.3 is 10.6 Å². The van der Waals surface area contributed by atoms with Crippen molar-refractivity contribution >= 4 is 51.4 Å². The smallest absolute Gasteiger partial charge is 0.191 e. The Labute approximate surface area is 171 Å². The molecule has 0 radical (unpaired) electrons. The van der Waals surface area contributed by atoms with Crippen LogP contribution in [0, 0.1) is 5.82 Å². The van der Waals surface area contributed by atoms with E-state index in [-0.39, 0.29) is 41.6 Å². The Morgan fingerprint density at radius 2 is 2.08 bits per heavy atom. The van der Waals surface area contributed by atoms with Crippen LogP contribution in [0.3, 0.4) is 0 Å². The molecule has 1 atom stereocenters. The molecule has 0 amide bonds. The van der Waals surface area contributed by atoms with E-state index in [2.05, 4.69) is 15.6 Å². The summed E-state index contributed by atoms with van der Waals surface area (Å²) in [6.45, 7) is 5.05. The molecular formula is C16H26ClFIN3O2S. The molecule has 5 nitrogen and oxygen atoms in total. The molecule has 1 aromatic carbocycles. The third-order valence-electron chi connectivity index (χ3n) is 3.32. The number of rotatable bonds is 8. The summed E-state index contributed by atoms with van der Waals surface area (Å²) in [5.74, 6) is 0.393. The van der Waals surface area contributed by atoms with Crippen molar-refractivity contribution in [2.75, 3.05) is 25.1 Å². The average Bonchev–Trinajstić information content (AvgIpc) is 2.47. The Morgan fingerprint density at radius 1 is 1.40 bits per heavy atom. The lowest BCUT2D eigenvalue weighted by Crippen LogP contribution is -2.43. The number of guanidine groups is 1. The highest BCUT2D eigenvalue weighted by Gasteiger charge is 2.09. The zero-order valence-corrected chi connectivity index (χ0v) is 18.6. The maximum absolute atomic E-state index is 13.0. The zero-order valence-electron chi connectivity index (χ0n) is 14.7. The van der Waals surface area contributed by atoms with Crippen LogP contribution in [0.4, 0.5) is 4.39 Å². The van der Waals surface area contributed by atoms with Crippen LogP contribution < -0.4 is 10.6 Å². The van der Waals surface area contributed by atoms with Crippen LogP contribution in [0.25, 0.3) is 0 Å². The lowest BCUT2D eigenvalue weighted by molar-refractivity contribution is 0.581. The van der Waals surface area contributed by atoms with Crippen LogP contribution in [0.5, 0.6) is 0 Å². The summed E-state index contributed by atoms with van der Waals surface area (Å²) in [6.07, 6.45) is 2.33. The average molecular weight is 506 g/mol. The second kappa shape index (κ2) is 11.9. The second-order valence-corrected chi connectivity index (χ2v) is 8.38. The molecule has 9 heteroatoms. The van der Waals surface area contributed by atoms with E-state index in [1.165, 1.54) is 18.4 Å². The molecule has 0 aliphatic rings. The van der Waals surface area contributed by atoms with E-state index in [0.29, 0.717) is 36.9 Å². The van der Waals surface area contributed by atoms with Crippen molar-refractivity contribution in [2.24, 2.45) is 4.99 Å². The van der Waals surface area contributed by atoms with Crippen LogP contribution in [-0.2, 0) is 16.3 Å². The highest BCUT2D eigenvalue weighted by Crippen LogP contribution is 2.17. The number of nitrogens with zero attached hydrogens (tertiary/aromatic N) is 1. The van der Waals surface area contributed by atoms with Gasteiger partial charge in [-0.1, -0.05) is 17.7 Å². The maximum Gasteiger partial charge on any atom is 0.191 e. The summed E-state index contributed by atoms with van der Waals surface area (Å²) in [5.41, 5.74) is 0.836. The molecule has 0 aliphatic carbocycles. The van der Waals surface area contributed by atoms with Gasteiger partial charge in [0.25, 0.3) is 0 Å². The van der Waals surface area contributed by atoms with Crippen molar-refractivity contribution in [3.8, 4) is 0 Å². The molecule has 2 N–H and O–H groups in total. The summed E-state index contributed by atoms with van der Waals surface area (Å²) in [6, 6.07) is 4.30. The topological polar surface area (TPSA) is 70.6 Å². The largest absolute Gasteiger partial charge is 0.357 e. The Balaban J connectivity index is 0.00000576. The van der Waals surface area contributed by atoms with Crippen molar-refractivity contribution in [1.82, 2.24) is 10.6 Å². The summed E-state index contributed by atoms with van der Waals surface area (Å²) in [7, 11) is -2.97. The minimum absolute atomic E-state index is 0. The molecule has 0 bridgehead atoms. The number of halogens is 3. The first kappa shape index (κ1) is 24.4. The third-order valence-corrected chi connectivity index (χ3v) is 4.64. The van der Waals surface area contributed by atoms with Gasteiger partial charge in [-0.2, -0.15) is 0 Å². The molecular weight excluding hydrogens is 480 g/mol.